The summed E-state index contributed by atoms with van der Waals surface area (Å²) in [6, 6.07) is 2.49. The maximum absolute atomic E-state index is 12.4. The number of pyridine rings is 1. The summed E-state index contributed by atoms with van der Waals surface area (Å²) in [6.07, 6.45) is -2.44. The van der Waals surface area contributed by atoms with Gasteiger partial charge in [0.15, 0.2) is 6.29 Å². The van der Waals surface area contributed by atoms with Gasteiger partial charge < -0.3 is 5.73 Å². The van der Waals surface area contributed by atoms with E-state index < -0.39 is 17.7 Å². The van der Waals surface area contributed by atoms with Crippen LogP contribution in [0.5, 0.6) is 0 Å². The van der Waals surface area contributed by atoms with E-state index >= 15 is 0 Å². The molecule has 1 rings (SSSR count). The van der Waals surface area contributed by atoms with E-state index in [-0.39, 0.29) is 17.8 Å². The highest BCUT2D eigenvalue weighted by molar-refractivity contribution is 5.77. The fourth-order valence-electron chi connectivity index (χ4n) is 1.10. The van der Waals surface area contributed by atoms with Gasteiger partial charge in [-0.2, -0.15) is 5.26 Å². The van der Waals surface area contributed by atoms with Gasteiger partial charge in [0.25, 0.3) is 6.43 Å². The van der Waals surface area contributed by atoms with Crippen molar-refractivity contribution < 1.29 is 13.6 Å². The molecule has 0 saturated carbocycles. The van der Waals surface area contributed by atoms with Crippen LogP contribution < -0.4 is 5.73 Å². The van der Waals surface area contributed by atoms with Crippen LogP contribution in [0.25, 0.3) is 0 Å². The van der Waals surface area contributed by atoms with Gasteiger partial charge in [0.05, 0.1) is 11.3 Å². The zero-order chi connectivity index (χ0) is 11.4. The van der Waals surface area contributed by atoms with Gasteiger partial charge >= 0.3 is 0 Å². The number of halogens is 2. The average Bonchev–Trinajstić information content (AvgIpc) is 2.26. The Bertz CT molecular complexity index is 426. The lowest BCUT2D eigenvalue weighted by atomic mass is 10.1. The molecule has 0 aromatic carbocycles. The molecule has 1 aromatic heterocycles. The first-order valence-corrected chi connectivity index (χ1v) is 4.01. The second-order valence-electron chi connectivity index (χ2n) is 2.70. The van der Waals surface area contributed by atoms with Gasteiger partial charge in [0.1, 0.15) is 11.8 Å². The molecule has 0 aliphatic rings. The van der Waals surface area contributed by atoms with E-state index in [0.717, 1.165) is 6.07 Å². The van der Waals surface area contributed by atoms with E-state index in [1.165, 1.54) is 0 Å². The molecule has 0 fully saturated rings. The van der Waals surface area contributed by atoms with Gasteiger partial charge in [0.2, 0.25) is 0 Å². The summed E-state index contributed by atoms with van der Waals surface area (Å²) in [5.74, 6) is 0. The zero-order valence-corrected chi connectivity index (χ0v) is 7.58. The molecule has 0 bridgehead atoms. The minimum absolute atomic E-state index is 0.00759. The van der Waals surface area contributed by atoms with Gasteiger partial charge in [-0.1, -0.05) is 0 Å². The van der Waals surface area contributed by atoms with Crippen LogP contribution in [0.4, 0.5) is 8.78 Å². The Labute approximate surface area is 84.3 Å². The summed E-state index contributed by atoms with van der Waals surface area (Å²) in [6.45, 7) is -0.0771. The molecule has 0 saturated heterocycles. The van der Waals surface area contributed by atoms with Gasteiger partial charge in [-0.3, -0.25) is 4.79 Å². The molecule has 0 amide bonds. The summed E-state index contributed by atoms with van der Waals surface area (Å²) < 4.78 is 24.9. The lowest BCUT2D eigenvalue weighted by Gasteiger charge is -2.06. The number of carbonyl (C=O) groups is 1. The summed E-state index contributed by atoms with van der Waals surface area (Å²) >= 11 is 0. The normalized spacial score (nSPS) is 10.1. The number of nitriles is 1. The fourth-order valence-corrected chi connectivity index (χ4v) is 1.10. The minimum Gasteiger partial charge on any atom is -0.325 e. The Morgan fingerprint density at radius 1 is 1.67 bits per heavy atom. The number of rotatable bonds is 3. The lowest BCUT2D eigenvalue weighted by Crippen LogP contribution is -2.08. The highest BCUT2D eigenvalue weighted by Crippen LogP contribution is 2.23. The summed E-state index contributed by atoms with van der Waals surface area (Å²) in [5, 5.41) is 8.58. The third-order valence-corrected chi connectivity index (χ3v) is 1.83. The first kappa shape index (κ1) is 11.2. The number of alkyl halides is 2. The van der Waals surface area contributed by atoms with Crippen molar-refractivity contribution in [3.8, 4) is 6.07 Å². The molecule has 4 nitrogen and oxygen atoms in total. The molecule has 2 N–H and O–H groups in total. The molecule has 0 spiro atoms. The molecule has 78 valence electrons. The molecular formula is C9H7F2N3O. The van der Waals surface area contributed by atoms with Crippen molar-refractivity contribution in [1.82, 2.24) is 4.98 Å². The first-order chi connectivity index (χ1) is 7.13. The quantitative estimate of drug-likeness (QED) is 0.761. The molecule has 6 heteroatoms. The van der Waals surface area contributed by atoms with E-state index in [0.29, 0.717) is 6.29 Å². The smallest absolute Gasteiger partial charge is 0.266 e. The molecule has 0 aliphatic heterocycles. The second-order valence-corrected chi connectivity index (χ2v) is 2.70. The molecule has 0 unspecified atom stereocenters. The number of aldehydes is 1. The van der Waals surface area contributed by atoms with Crippen LogP contribution in [0.1, 0.15) is 33.7 Å². The molecule has 0 aliphatic carbocycles. The minimum atomic E-state index is -2.84. The average molecular weight is 211 g/mol. The molecule has 0 radical (unpaired) electrons. The Balaban J connectivity index is 3.42. The van der Waals surface area contributed by atoms with Crippen LogP contribution in [0.15, 0.2) is 6.07 Å². The largest absolute Gasteiger partial charge is 0.325 e. The van der Waals surface area contributed by atoms with Crippen LogP contribution in [-0.2, 0) is 6.54 Å². The number of aromatic nitrogens is 1. The van der Waals surface area contributed by atoms with Crippen LogP contribution in [-0.4, -0.2) is 11.3 Å². The van der Waals surface area contributed by atoms with Crippen molar-refractivity contribution >= 4 is 6.29 Å². The Hall–Kier alpha value is -1.87. The Kier molecular flexibility index (Phi) is 3.42. The van der Waals surface area contributed by atoms with Gasteiger partial charge in [-0.05, 0) is 6.07 Å². The predicted molar refractivity (Wildman–Crippen MR) is 47.2 cm³/mol. The number of nitrogens with zero attached hydrogens (tertiary/aromatic N) is 2. The SMILES string of the molecule is N#Cc1nc(CN)c(C=O)cc1C(F)F. The predicted octanol–water partition coefficient (Wildman–Crippen LogP) is 1.16. The zero-order valence-electron chi connectivity index (χ0n) is 7.58. The Morgan fingerprint density at radius 2 is 2.33 bits per heavy atom. The highest BCUT2D eigenvalue weighted by atomic mass is 19.3. The lowest BCUT2D eigenvalue weighted by molar-refractivity contribution is 0.112. The van der Waals surface area contributed by atoms with Crippen molar-refractivity contribution in [2.75, 3.05) is 0 Å². The van der Waals surface area contributed by atoms with Gasteiger partial charge in [-0.25, -0.2) is 13.8 Å². The van der Waals surface area contributed by atoms with Crippen LogP contribution >= 0.6 is 0 Å². The number of hydrogen-bond donors (Lipinski definition) is 1. The second kappa shape index (κ2) is 4.57. The first-order valence-electron chi connectivity index (χ1n) is 4.01. The van der Waals surface area contributed by atoms with Gasteiger partial charge in [0, 0.05) is 12.1 Å². The molecule has 0 atom stereocenters. The van der Waals surface area contributed by atoms with Crippen molar-refractivity contribution in [1.29, 1.82) is 5.26 Å². The maximum atomic E-state index is 12.4. The van der Waals surface area contributed by atoms with Crippen molar-refractivity contribution in [2.24, 2.45) is 5.73 Å². The summed E-state index contributed by atoms with van der Waals surface area (Å²) in [4.78, 5) is 14.1. The van der Waals surface area contributed by atoms with Crippen molar-refractivity contribution in [2.45, 2.75) is 13.0 Å². The summed E-state index contributed by atoms with van der Waals surface area (Å²) in [7, 11) is 0. The number of nitrogens with two attached hydrogens (primary N) is 1. The highest BCUT2D eigenvalue weighted by Gasteiger charge is 2.17. The number of carbonyl (C=O) groups excluding carboxylic acids is 1. The molecule has 1 heterocycles. The van der Waals surface area contributed by atoms with Crippen molar-refractivity contribution in [3.05, 3.63) is 28.6 Å². The third-order valence-electron chi connectivity index (χ3n) is 1.83. The number of hydrogen-bond acceptors (Lipinski definition) is 4. The molecule has 1 aromatic rings. The Morgan fingerprint density at radius 3 is 2.73 bits per heavy atom. The van der Waals surface area contributed by atoms with E-state index in [2.05, 4.69) is 4.98 Å². The topological polar surface area (TPSA) is 79.8 Å². The fraction of sp³-hybridized carbons (Fsp3) is 0.222. The monoisotopic (exact) mass is 211 g/mol. The van der Waals surface area contributed by atoms with Crippen LogP contribution in [0, 0.1) is 11.3 Å². The van der Waals surface area contributed by atoms with E-state index in [1.807, 2.05) is 0 Å². The van der Waals surface area contributed by atoms with E-state index in [4.69, 9.17) is 11.0 Å². The van der Waals surface area contributed by atoms with Crippen LogP contribution in [0.3, 0.4) is 0 Å². The maximum Gasteiger partial charge on any atom is 0.266 e. The molecular weight excluding hydrogens is 204 g/mol. The van der Waals surface area contributed by atoms with E-state index in [9.17, 15) is 13.6 Å². The third kappa shape index (κ3) is 2.14. The van der Waals surface area contributed by atoms with Gasteiger partial charge in [-0.15, -0.1) is 0 Å². The standard InChI is InChI=1S/C9H7F2N3O/c10-9(11)6-1-5(4-15)7(2-12)14-8(6)3-13/h1,4,9H,2,12H2. The van der Waals surface area contributed by atoms with Crippen LogP contribution in [0.2, 0.25) is 0 Å². The molecule has 15 heavy (non-hydrogen) atoms. The van der Waals surface area contributed by atoms with E-state index in [1.54, 1.807) is 6.07 Å². The summed E-state index contributed by atoms with van der Waals surface area (Å²) in [5.41, 5.74) is 4.46. The van der Waals surface area contributed by atoms with Crippen molar-refractivity contribution in [3.63, 3.8) is 0 Å².